The number of rotatable bonds is 8. The van der Waals surface area contributed by atoms with E-state index in [2.05, 4.69) is 46.9 Å². The molecule has 1 heterocycles. The quantitative estimate of drug-likeness (QED) is 0.443. The minimum absolute atomic E-state index is 0.131. The third-order valence-corrected chi connectivity index (χ3v) is 5.14. The van der Waals surface area contributed by atoms with Crippen LogP contribution >= 0.6 is 0 Å². The zero-order valence-corrected chi connectivity index (χ0v) is 17.5. The SMILES string of the molecule is Cc1ccc(CCN[C@H](C(=O)Nc2ccn(-c3ccccc3)n2)c2ccccc2)cc1. The molecule has 0 unspecified atom stereocenters. The molecule has 1 aromatic heterocycles. The van der Waals surface area contributed by atoms with Gasteiger partial charge in [0.1, 0.15) is 6.04 Å². The van der Waals surface area contributed by atoms with Crippen molar-refractivity contribution in [2.75, 3.05) is 11.9 Å². The van der Waals surface area contributed by atoms with E-state index >= 15 is 0 Å². The molecule has 0 radical (unpaired) electrons. The molecule has 0 aliphatic heterocycles. The lowest BCUT2D eigenvalue weighted by Gasteiger charge is -2.18. The summed E-state index contributed by atoms with van der Waals surface area (Å²) < 4.78 is 1.75. The third kappa shape index (κ3) is 5.47. The Morgan fingerprint density at radius 2 is 1.58 bits per heavy atom. The van der Waals surface area contributed by atoms with Crippen molar-refractivity contribution in [1.82, 2.24) is 15.1 Å². The van der Waals surface area contributed by atoms with Gasteiger partial charge >= 0.3 is 0 Å². The van der Waals surface area contributed by atoms with Crippen molar-refractivity contribution in [2.45, 2.75) is 19.4 Å². The molecule has 4 rings (SSSR count). The van der Waals surface area contributed by atoms with Crippen LogP contribution in [0.4, 0.5) is 5.82 Å². The van der Waals surface area contributed by atoms with Gasteiger partial charge in [-0.15, -0.1) is 0 Å². The first kappa shape index (κ1) is 20.6. The summed E-state index contributed by atoms with van der Waals surface area (Å²) >= 11 is 0. The number of anilines is 1. The Labute approximate surface area is 182 Å². The molecule has 156 valence electrons. The monoisotopic (exact) mass is 410 g/mol. The fourth-order valence-corrected chi connectivity index (χ4v) is 3.44. The number of nitrogens with one attached hydrogen (secondary N) is 2. The average Bonchev–Trinajstić information content (AvgIpc) is 3.27. The first-order valence-electron chi connectivity index (χ1n) is 10.4. The predicted octanol–water partition coefficient (Wildman–Crippen LogP) is 4.69. The van der Waals surface area contributed by atoms with Crippen molar-refractivity contribution in [3.63, 3.8) is 0 Å². The standard InChI is InChI=1S/C26H26N4O/c1-20-12-14-21(15-13-20)16-18-27-25(22-8-4-2-5-9-22)26(31)28-24-17-19-30(29-24)23-10-6-3-7-11-23/h2-15,17,19,25,27H,16,18H2,1H3,(H,28,29,31)/t25-/m0/s1. The molecule has 0 saturated carbocycles. The van der Waals surface area contributed by atoms with Crippen LogP contribution in [0, 0.1) is 6.92 Å². The molecule has 0 saturated heterocycles. The number of carbonyl (C=O) groups is 1. The Kier molecular flexibility index (Phi) is 6.55. The van der Waals surface area contributed by atoms with E-state index in [9.17, 15) is 4.79 Å². The highest BCUT2D eigenvalue weighted by molar-refractivity contribution is 5.94. The zero-order chi connectivity index (χ0) is 21.5. The highest BCUT2D eigenvalue weighted by Gasteiger charge is 2.20. The van der Waals surface area contributed by atoms with Gasteiger partial charge in [-0.25, -0.2) is 4.68 Å². The van der Waals surface area contributed by atoms with Crippen molar-refractivity contribution in [1.29, 1.82) is 0 Å². The fraction of sp³-hybridized carbons (Fsp3) is 0.154. The van der Waals surface area contributed by atoms with Crippen LogP contribution in [0.5, 0.6) is 0 Å². The van der Waals surface area contributed by atoms with Gasteiger partial charge in [0.25, 0.3) is 0 Å². The number of nitrogens with zero attached hydrogens (tertiary/aromatic N) is 2. The molecule has 0 bridgehead atoms. The van der Waals surface area contributed by atoms with E-state index in [1.165, 1.54) is 11.1 Å². The van der Waals surface area contributed by atoms with Gasteiger partial charge in [0.2, 0.25) is 5.91 Å². The number of amides is 1. The first-order valence-corrected chi connectivity index (χ1v) is 10.4. The second kappa shape index (κ2) is 9.87. The topological polar surface area (TPSA) is 59.0 Å². The highest BCUT2D eigenvalue weighted by Crippen LogP contribution is 2.17. The minimum atomic E-state index is -0.464. The Hall–Kier alpha value is -3.70. The molecule has 3 aromatic carbocycles. The Morgan fingerprint density at radius 1 is 0.903 bits per heavy atom. The number of benzene rings is 3. The molecule has 4 aromatic rings. The normalized spacial score (nSPS) is 11.8. The van der Waals surface area contributed by atoms with E-state index < -0.39 is 6.04 Å². The smallest absolute Gasteiger partial charge is 0.247 e. The molecule has 31 heavy (non-hydrogen) atoms. The van der Waals surface area contributed by atoms with Gasteiger partial charge in [0.15, 0.2) is 5.82 Å². The number of aromatic nitrogens is 2. The van der Waals surface area contributed by atoms with E-state index in [-0.39, 0.29) is 5.91 Å². The Morgan fingerprint density at radius 3 is 2.29 bits per heavy atom. The lowest BCUT2D eigenvalue weighted by molar-refractivity contribution is -0.118. The molecule has 0 fully saturated rings. The number of para-hydroxylation sites is 1. The van der Waals surface area contributed by atoms with Gasteiger partial charge in [0.05, 0.1) is 5.69 Å². The maximum Gasteiger partial charge on any atom is 0.247 e. The van der Waals surface area contributed by atoms with Crippen molar-refractivity contribution < 1.29 is 4.79 Å². The number of aryl methyl sites for hydroxylation is 1. The summed E-state index contributed by atoms with van der Waals surface area (Å²) in [5.74, 6) is 0.392. The molecular weight excluding hydrogens is 384 g/mol. The molecular formula is C26H26N4O. The third-order valence-electron chi connectivity index (χ3n) is 5.14. The summed E-state index contributed by atoms with van der Waals surface area (Å²) in [5.41, 5.74) is 4.35. The maximum absolute atomic E-state index is 13.1. The van der Waals surface area contributed by atoms with Crippen LogP contribution < -0.4 is 10.6 Å². The predicted molar refractivity (Wildman–Crippen MR) is 124 cm³/mol. The van der Waals surface area contributed by atoms with Gasteiger partial charge in [-0.1, -0.05) is 78.4 Å². The number of carbonyl (C=O) groups excluding carboxylic acids is 1. The molecule has 1 amide bonds. The summed E-state index contributed by atoms with van der Waals surface area (Å²) in [6.45, 7) is 2.77. The van der Waals surface area contributed by atoms with Gasteiger partial charge in [-0.05, 0) is 36.6 Å². The van der Waals surface area contributed by atoms with Crippen molar-refractivity contribution in [2.24, 2.45) is 0 Å². The largest absolute Gasteiger partial charge is 0.308 e. The van der Waals surface area contributed by atoms with Gasteiger partial charge < -0.3 is 10.6 Å². The van der Waals surface area contributed by atoms with Gasteiger partial charge in [0, 0.05) is 18.8 Å². The molecule has 2 N–H and O–H groups in total. The summed E-state index contributed by atoms with van der Waals surface area (Å²) in [4.78, 5) is 13.1. The van der Waals surface area contributed by atoms with Crippen molar-refractivity contribution in [3.05, 3.63) is 114 Å². The van der Waals surface area contributed by atoms with Gasteiger partial charge in [-0.3, -0.25) is 4.79 Å². The highest BCUT2D eigenvalue weighted by atomic mass is 16.2. The van der Waals surface area contributed by atoms with E-state index in [0.717, 1.165) is 17.7 Å². The number of hydrogen-bond donors (Lipinski definition) is 2. The van der Waals surface area contributed by atoms with Crippen LogP contribution in [0.2, 0.25) is 0 Å². The van der Waals surface area contributed by atoms with Crippen LogP contribution in [-0.4, -0.2) is 22.2 Å². The van der Waals surface area contributed by atoms with Crippen molar-refractivity contribution >= 4 is 11.7 Å². The lowest BCUT2D eigenvalue weighted by atomic mass is 10.1. The molecule has 0 aliphatic rings. The first-order chi connectivity index (χ1) is 15.2. The summed E-state index contributed by atoms with van der Waals surface area (Å²) in [7, 11) is 0. The average molecular weight is 411 g/mol. The molecule has 0 aliphatic carbocycles. The van der Waals surface area contributed by atoms with E-state index in [1.807, 2.05) is 66.9 Å². The van der Waals surface area contributed by atoms with Crippen LogP contribution in [0.1, 0.15) is 22.7 Å². The molecule has 5 nitrogen and oxygen atoms in total. The molecule has 0 spiro atoms. The van der Waals surface area contributed by atoms with Crippen LogP contribution in [0.3, 0.4) is 0 Å². The van der Waals surface area contributed by atoms with Crippen LogP contribution in [0.25, 0.3) is 5.69 Å². The van der Waals surface area contributed by atoms with E-state index in [1.54, 1.807) is 10.7 Å². The van der Waals surface area contributed by atoms with Gasteiger partial charge in [-0.2, -0.15) is 5.10 Å². The van der Waals surface area contributed by atoms with E-state index in [0.29, 0.717) is 12.4 Å². The summed E-state index contributed by atoms with van der Waals surface area (Å²) in [6, 6.07) is 29.4. The Balaban J connectivity index is 1.44. The lowest BCUT2D eigenvalue weighted by Crippen LogP contribution is -2.34. The molecule has 5 heteroatoms. The second-order valence-corrected chi connectivity index (χ2v) is 7.50. The Bertz CT molecular complexity index is 1110. The second-order valence-electron chi connectivity index (χ2n) is 7.50. The van der Waals surface area contributed by atoms with Crippen LogP contribution in [0.15, 0.2) is 97.2 Å². The zero-order valence-electron chi connectivity index (χ0n) is 17.5. The van der Waals surface area contributed by atoms with Crippen molar-refractivity contribution in [3.8, 4) is 5.69 Å². The fourth-order valence-electron chi connectivity index (χ4n) is 3.44. The van der Waals surface area contributed by atoms with E-state index in [4.69, 9.17) is 0 Å². The molecule has 1 atom stereocenters. The summed E-state index contributed by atoms with van der Waals surface area (Å²) in [5, 5.41) is 10.9. The number of hydrogen-bond acceptors (Lipinski definition) is 3. The summed E-state index contributed by atoms with van der Waals surface area (Å²) in [6.07, 6.45) is 2.69. The minimum Gasteiger partial charge on any atom is -0.308 e. The van der Waals surface area contributed by atoms with Crippen LogP contribution in [-0.2, 0) is 11.2 Å². The maximum atomic E-state index is 13.1.